The van der Waals surface area contributed by atoms with Crippen LogP contribution in [0.4, 0.5) is 5.69 Å². The average Bonchev–Trinajstić information content (AvgIpc) is 2.45. The number of hydrogen-bond donors (Lipinski definition) is 1. The quantitative estimate of drug-likeness (QED) is 0.787. The van der Waals surface area contributed by atoms with E-state index in [-0.39, 0.29) is 24.9 Å². The summed E-state index contributed by atoms with van der Waals surface area (Å²) in [5, 5.41) is 3.15. The summed E-state index contributed by atoms with van der Waals surface area (Å²) < 4.78 is 25.1. The van der Waals surface area contributed by atoms with Crippen molar-refractivity contribution < 1.29 is 13.2 Å². The zero-order chi connectivity index (χ0) is 16.8. The van der Waals surface area contributed by atoms with Crippen LogP contribution in [0, 0.1) is 5.92 Å². The highest BCUT2D eigenvalue weighted by Crippen LogP contribution is 2.26. The third-order valence-corrected chi connectivity index (χ3v) is 4.99. The molecule has 1 N–H and O–H groups in total. The molecule has 1 rings (SSSR count). The number of carbonyl (C=O) groups excluding carboxylic acids is 1. The van der Waals surface area contributed by atoms with E-state index in [4.69, 9.17) is 11.6 Å². The van der Waals surface area contributed by atoms with Crippen molar-refractivity contribution >= 4 is 33.2 Å². The van der Waals surface area contributed by atoms with Gasteiger partial charge in [-0.05, 0) is 25.0 Å². The van der Waals surface area contributed by atoms with Gasteiger partial charge in [0.1, 0.15) is 0 Å². The minimum absolute atomic E-state index is 0.0352. The van der Waals surface area contributed by atoms with Crippen LogP contribution in [0.25, 0.3) is 0 Å². The van der Waals surface area contributed by atoms with Crippen LogP contribution in [0.1, 0.15) is 26.7 Å². The molecule has 0 spiro atoms. The third kappa shape index (κ3) is 5.18. The predicted molar refractivity (Wildman–Crippen MR) is 90.7 cm³/mol. The number of rotatable bonds is 8. The molecule has 0 aliphatic rings. The monoisotopic (exact) mass is 346 g/mol. The first-order valence-electron chi connectivity index (χ1n) is 7.31. The van der Waals surface area contributed by atoms with Crippen molar-refractivity contribution in [3.8, 4) is 0 Å². The second-order valence-electron chi connectivity index (χ2n) is 5.09. The maximum atomic E-state index is 12.0. The van der Waals surface area contributed by atoms with E-state index >= 15 is 0 Å². The van der Waals surface area contributed by atoms with E-state index in [0.29, 0.717) is 10.7 Å². The molecule has 0 atom stereocenters. The van der Waals surface area contributed by atoms with E-state index in [1.807, 2.05) is 13.8 Å². The first-order chi connectivity index (χ1) is 10.3. The Morgan fingerprint density at radius 1 is 1.27 bits per heavy atom. The highest BCUT2D eigenvalue weighted by Gasteiger charge is 2.20. The molecule has 0 radical (unpaired) electrons. The van der Waals surface area contributed by atoms with Gasteiger partial charge in [0.05, 0.1) is 23.5 Å². The number of benzene rings is 1. The molecule has 0 unspecified atom stereocenters. The Bertz CT molecular complexity index is 601. The van der Waals surface area contributed by atoms with Crippen molar-refractivity contribution in [2.24, 2.45) is 5.92 Å². The van der Waals surface area contributed by atoms with E-state index in [2.05, 4.69) is 5.32 Å². The maximum Gasteiger partial charge on any atom is 0.232 e. The number of hydrogen-bond acceptors (Lipinski definition) is 3. The molecule has 22 heavy (non-hydrogen) atoms. The van der Waals surface area contributed by atoms with Crippen molar-refractivity contribution in [1.29, 1.82) is 0 Å². The zero-order valence-corrected chi connectivity index (χ0v) is 14.7. The Labute approximate surface area is 137 Å². The molecule has 0 bridgehead atoms. The van der Waals surface area contributed by atoms with Gasteiger partial charge in [-0.1, -0.05) is 37.6 Å². The zero-order valence-electron chi connectivity index (χ0n) is 13.2. The van der Waals surface area contributed by atoms with Gasteiger partial charge in [-0.15, -0.1) is 0 Å². The van der Waals surface area contributed by atoms with Crippen LogP contribution in [0.5, 0.6) is 0 Å². The topological polar surface area (TPSA) is 66.5 Å². The Hall–Kier alpha value is -1.27. The van der Waals surface area contributed by atoms with Gasteiger partial charge in [0.15, 0.2) is 0 Å². The van der Waals surface area contributed by atoms with Gasteiger partial charge in [0.25, 0.3) is 0 Å². The molecule has 0 saturated carbocycles. The molecule has 1 aromatic carbocycles. The highest BCUT2D eigenvalue weighted by atomic mass is 35.5. The minimum atomic E-state index is -3.47. The summed E-state index contributed by atoms with van der Waals surface area (Å²) in [5.41, 5.74) is 0.420. The first-order valence-corrected chi connectivity index (χ1v) is 9.53. The number of halogens is 1. The van der Waals surface area contributed by atoms with E-state index in [1.165, 1.54) is 4.31 Å². The Kier molecular flexibility index (Phi) is 7.16. The summed E-state index contributed by atoms with van der Waals surface area (Å²) in [6.45, 7) is 4.31. The van der Waals surface area contributed by atoms with E-state index in [1.54, 1.807) is 24.3 Å². The van der Waals surface area contributed by atoms with Gasteiger partial charge in [-0.25, -0.2) is 8.42 Å². The minimum Gasteiger partial charge on any atom is -0.354 e. The van der Waals surface area contributed by atoms with E-state index in [9.17, 15) is 13.2 Å². The summed E-state index contributed by atoms with van der Waals surface area (Å²) in [6.07, 6.45) is 2.66. The molecule has 0 heterocycles. The van der Waals surface area contributed by atoms with Crippen molar-refractivity contribution in [1.82, 2.24) is 5.32 Å². The van der Waals surface area contributed by atoms with Crippen LogP contribution in [-0.4, -0.2) is 33.7 Å². The fourth-order valence-electron chi connectivity index (χ4n) is 2.20. The molecule has 0 fully saturated rings. The summed E-state index contributed by atoms with van der Waals surface area (Å²) in [4.78, 5) is 11.9. The number of sulfonamides is 1. The molecule has 5 nitrogen and oxygen atoms in total. The number of nitrogens with zero attached hydrogens (tertiary/aromatic N) is 1. The van der Waals surface area contributed by atoms with Crippen molar-refractivity contribution in [2.45, 2.75) is 26.7 Å². The van der Waals surface area contributed by atoms with Crippen LogP contribution in [-0.2, 0) is 14.8 Å². The predicted octanol–water partition coefficient (Wildman–Crippen LogP) is 2.66. The van der Waals surface area contributed by atoms with Gasteiger partial charge < -0.3 is 5.32 Å². The SMILES string of the molecule is CCC(CC)C(=O)NCCN(c1ccccc1Cl)S(C)(=O)=O. The second-order valence-corrected chi connectivity index (χ2v) is 7.40. The Morgan fingerprint density at radius 3 is 2.36 bits per heavy atom. The third-order valence-electron chi connectivity index (χ3n) is 3.49. The van der Waals surface area contributed by atoms with Crippen LogP contribution < -0.4 is 9.62 Å². The highest BCUT2D eigenvalue weighted by molar-refractivity contribution is 7.92. The summed E-state index contributed by atoms with van der Waals surface area (Å²) in [5.74, 6) is -0.0791. The fourth-order valence-corrected chi connectivity index (χ4v) is 3.43. The normalized spacial score (nSPS) is 11.5. The van der Waals surface area contributed by atoms with E-state index in [0.717, 1.165) is 19.1 Å². The lowest BCUT2D eigenvalue weighted by atomic mass is 10.0. The molecule has 0 saturated heterocycles. The standard InChI is InChI=1S/C15H23ClN2O3S/c1-4-12(5-2)15(19)17-10-11-18(22(3,20)21)14-9-7-6-8-13(14)16/h6-9,12H,4-5,10-11H2,1-3H3,(H,17,19). The molecule has 1 aromatic rings. The number of carbonyl (C=O) groups is 1. The molecule has 0 aliphatic heterocycles. The lowest BCUT2D eigenvalue weighted by Crippen LogP contribution is -2.40. The Morgan fingerprint density at radius 2 is 1.86 bits per heavy atom. The molecule has 0 aliphatic carbocycles. The average molecular weight is 347 g/mol. The van der Waals surface area contributed by atoms with Crippen LogP contribution in [0.2, 0.25) is 5.02 Å². The molecule has 0 aromatic heterocycles. The van der Waals surface area contributed by atoms with Gasteiger partial charge in [-0.3, -0.25) is 9.10 Å². The first kappa shape index (κ1) is 18.8. The largest absolute Gasteiger partial charge is 0.354 e. The van der Waals surface area contributed by atoms with Crippen molar-refractivity contribution in [2.75, 3.05) is 23.7 Å². The molecule has 124 valence electrons. The van der Waals surface area contributed by atoms with Gasteiger partial charge in [-0.2, -0.15) is 0 Å². The Balaban J connectivity index is 2.78. The summed E-state index contributed by atoms with van der Waals surface area (Å²) in [6, 6.07) is 6.74. The molecule has 7 heteroatoms. The van der Waals surface area contributed by atoms with Gasteiger partial charge in [0.2, 0.25) is 15.9 Å². The van der Waals surface area contributed by atoms with Gasteiger partial charge >= 0.3 is 0 Å². The number of amides is 1. The smallest absolute Gasteiger partial charge is 0.232 e. The van der Waals surface area contributed by atoms with Crippen molar-refractivity contribution in [3.63, 3.8) is 0 Å². The number of anilines is 1. The van der Waals surface area contributed by atoms with Crippen LogP contribution in [0.3, 0.4) is 0 Å². The maximum absolute atomic E-state index is 12.0. The summed E-state index contributed by atoms with van der Waals surface area (Å²) in [7, 11) is -3.47. The summed E-state index contributed by atoms with van der Waals surface area (Å²) >= 11 is 6.07. The van der Waals surface area contributed by atoms with Crippen LogP contribution in [0.15, 0.2) is 24.3 Å². The van der Waals surface area contributed by atoms with Crippen molar-refractivity contribution in [3.05, 3.63) is 29.3 Å². The molecule has 1 amide bonds. The lowest BCUT2D eigenvalue weighted by Gasteiger charge is -2.24. The van der Waals surface area contributed by atoms with Gasteiger partial charge in [0, 0.05) is 12.5 Å². The molecular weight excluding hydrogens is 324 g/mol. The number of nitrogens with one attached hydrogen (secondary N) is 1. The number of para-hydroxylation sites is 1. The molecular formula is C15H23ClN2O3S. The van der Waals surface area contributed by atoms with E-state index < -0.39 is 10.0 Å². The fraction of sp³-hybridized carbons (Fsp3) is 0.533. The lowest BCUT2D eigenvalue weighted by molar-refractivity contribution is -0.125. The van der Waals surface area contributed by atoms with Crippen LogP contribution >= 0.6 is 11.6 Å². The second kappa shape index (κ2) is 8.39.